The van der Waals surface area contributed by atoms with Gasteiger partial charge < -0.3 is 10.1 Å². The molecular formula is C25H19Cl3N7O2+. The maximum Gasteiger partial charge on any atom is 0.293 e. The smallest absolute Gasteiger partial charge is 0.293 e. The van der Waals surface area contributed by atoms with Crippen molar-refractivity contribution in [2.45, 2.75) is 6.54 Å². The number of hydrogen-bond acceptors (Lipinski definition) is 5. The fourth-order valence-corrected chi connectivity index (χ4v) is 4.39. The quantitative estimate of drug-likeness (QED) is 0.280. The van der Waals surface area contributed by atoms with Crippen molar-refractivity contribution in [3.63, 3.8) is 0 Å². The molecule has 0 saturated heterocycles. The van der Waals surface area contributed by atoms with Gasteiger partial charge in [-0.1, -0.05) is 64.3 Å². The highest BCUT2D eigenvalue weighted by Crippen LogP contribution is 2.33. The lowest BCUT2D eigenvalue weighted by Crippen LogP contribution is -2.36. The monoisotopic (exact) mass is 554 g/mol. The Morgan fingerprint density at radius 2 is 1.76 bits per heavy atom. The number of ether oxygens (including phenoxy) is 1. The van der Waals surface area contributed by atoms with Crippen LogP contribution in [0.25, 0.3) is 22.6 Å². The van der Waals surface area contributed by atoms with Crippen LogP contribution in [0.3, 0.4) is 0 Å². The van der Waals surface area contributed by atoms with E-state index in [1.54, 1.807) is 42.1 Å². The van der Waals surface area contributed by atoms with Crippen molar-refractivity contribution in [2.24, 2.45) is 0 Å². The number of aromatic amines is 1. The standard InChI is InChI=1S/C25H18Cl3N7O2/c1-37-19-9-2-15(3-10-19)13-29-25(36)22-24(34-14-30-32-33-34)23(16-4-6-17(26)7-5-16)35(31-22)21-11-8-18(27)12-20(21)28/h2-12,14H,13H2,1H3,(H,29,36)/p+1. The average molecular weight is 556 g/mol. The van der Waals surface area contributed by atoms with Crippen LogP contribution in [-0.4, -0.2) is 38.3 Å². The fourth-order valence-electron chi connectivity index (χ4n) is 3.78. The summed E-state index contributed by atoms with van der Waals surface area (Å²) in [6, 6.07) is 19.6. The molecule has 1 amide bonds. The van der Waals surface area contributed by atoms with Crippen LogP contribution in [0, 0.1) is 0 Å². The molecular weight excluding hydrogens is 537 g/mol. The molecule has 0 saturated carbocycles. The van der Waals surface area contributed by atoms with Crippen molar-refractivity contribution in [1.29, 1.82) is 0 Å². The molecule has 3 aromatic carbocycles. The normalized spacial score (nSPS) is 10.9. The number of methoxy groups -OCH3 is 1. The summed E-state index contributed by atoms with van der Waals surface area (Å²) in [5.74, 6) is 0.318. The van der Waals surface area contributed by atoms with E-state index in [1.165, 1.54) is 11.0 Å². The van der Waals surface area contributed by atoms with Gasteiger partial charge >= 0.3 is 0 Å². The Kier molecular flexibility index (Phi) is 7.09. The van der Waals surface area contributed by atoms with E-state index in [2.05, 4.69) is 20.8 Å². The van der Waals surface area contributed by atoms with Gasteiger partial charge in [0.2, 0.25) is 0 Å². The van der Waals surface area contributed by atoms with Crippen molar-refractivity contribution in [3.05, 3.63) is 99.4 Å². The molecule has 0 aliphatic heterocycles. The molecule has 37 heavy (non-hydrogen) atoms. The van der Waals surface area contributed by atoms with E-state index >= 15 is 0 Å². The number of hydrogen-bond donors (Lipinski definition) is 2. The van der Waals surface area contributed by atoms with Gasteiger partial charge in [0, 0.05) is 22.2 Å². The average Bonchev–Trinajstić information content (AvgIpc) is 3.56. The van der Waals surface area contributed by atoms with Crippen LogP contribution < -0.4 is 14.7 Å². The summed E-state index contributed by atoms with van der Waals surface area (Å²) in [6.45, 7) is 0.277. The van der Waals surface area contributed by atoms with E-state index in [4.69, 9.17) is 44.6 Å². The van der Waals surface area contributed by atoms with E-state index in [0.717, 1.165) is 16.9 Å². The molecule has 2 aromatic heterocycles. The van der Waals surface area contributed by atoms with Crippen molar-refractivity contribution < 1.29 is 14.2 Å². The minimum absolute atomic E-state index is 0.125. The molecule has 9 nitrogen and oxygen atoms in total. The molecule has 5 rings (SSSR count). The lowest BCUT2D eigenvalue weighted by atomic mass is 10.1. The third kappa shape index (κ3) is 5.15. The van der Waals surface area contributed by atoms with E-state index in [9.17, 15) is 4.79 Å². The molecule has 0 bridgehead atoms. The van der Waals surface area contributed by atoms with E-state index in [1.807, 2.05) is 36.4 Å². The number of benzene rings is 3. The van der Waals surface area contributed by atoms with Crippen molar-refractivity contribution >= 4 is 40.7 Å². The number of halogens is 3. The number of carbonyl (C=O) groups excluding carboxylic acids is 1. The van der Waals surface area contributed by atoms with Crippen LogP contribution in [0.15, 0.2) is 73.1 Å². The van der Waals surface area contributed by atoms with Crippen LogP contribution in [-0.2, 0) is 6.54 Å². The number of nitrogens with zero attached hydrogens (tertiary/aromatic N) is 5. The number of aromatic nitrogens is 6. The van der Waals surface area contributed by atoms with Crippen LogP contribution in [0.5, 0.6) is 5.75 Å². The Morgan fingerprint density at radius 1 is 1.03 bits per heavy atom. The van der Waals surface area contributed by atoms with Crippen LogP contribution in [0.1, 0.15) is 16.1 Å². The highest BCUT2D eigenvalue weighted by atomic mass is 35.5. The Balaban J connectivity index is 1.65. The first-order chi connectivity index (χ1) is 17.9. The van der Waals surface area contributed by atoms with Crippen LogP contribution in [0.2, 0.25) is 15.1 Å². The molecule has 0 unspecified atom stereocenters. The Labute approximate surface area is 226 Å². The highest BCUT2D eigenvalue weighted by Gasteiger charge is 2.30. The molecule has 0 spiro atoms. The maximum atomic E-state index is 13.5. The van der Waals surface area contributed by atoms with Gasteiger partial charge in [0.05, 0.1) is 17.8 Å². The fraction of sp³-hybridized carbons (Fsp3) is 0.0800. The lowest BCUT2D eigenvalue weighted by Gasteiger charge is -2.10. The van der Waals surface area contributed by atoms with Crippen molar-refractivity contribution in [3.8, 4) is 28.4 Å². The van der Waals surface area contributed by atoms with Gasteiger partial charge in [-0.25, -0.2) is 4.68 Å². The predicted molar refractivity (Wildman–Crippen MR) is 140 cm³/mol. The summed E-state index contributed by atoms with van der Waals surface area (Å²) < 4.78 is 8.30. The van der Waals surface area contributed by atoms with Crippen molar-refractivity contribution in [2.75, 3.05) is 7.11 Å². The number of H-pyrrole nitrogens is 1. The first-order valence-electron chi connectivity index (χ1n) is 11.0. The second-order valence-electron chi connectivity index (χ2n) is 7.89. The zero-order valence-electron chi connectivity index (χ0n) is 19.3. The van der Waals surface area contributed by atoms with E-state index in [0.29, 0.717) is 32.1 Å². The Hall–Kier alpha value is -3.92. The zero-order chi connectivity index (χ0) is 25.9. The third-order valence-electron chi connectivity index (χ3n) is 5.56. The summed E-state index contributed by atoms with van der Waals surface area (Å²) in [5, 5.41) is 19.5. The number of nitrogens with one attached hydrogen (secondary N) is 2. The van der Waals surface area contributed by atoms with Crippen LogP contribution >= 0.6 is 34.8 Å². The van der Waals surface area contributed by atoms with Gasteiger partial charge in [-0.15, -0.1) is 4.68 Å². The minimum Gasteiger partial charge on any atom is -0.497 e. The topological polar surface area (TPSA) is 102 Å². The summed E-state index contributed by atoms with van der Waals surface area (Å²) >= 11 is 18.9. The molecule has 12 heteroatoms. The lowest BCUT2D eigenvalue weighted by molar-refractivity contribution is -0.660. The number of rotatable bonds is 7. The second kappa shape index (κ2) is 10.6. The van der Waals surface area contributed by atoms with Gasteiger partial charge in [-0.3, -0.25) is 4.79 Å². The molecule has 2 heterocycles. The summed E-state index contributed by atoms with van der Waals surface area (Å²) in [7, 11) is 1.60. The Morgan fingerprint density at radius 3 is 2.41 bits per heavy atom. The minimum atomic E-state index is -0.410. The SMILES string of the molecule is COc1ccc(CNC(=O)c2nn(-c3ccc(Cl)cc3Cl)c(-c3ccc(Cl)cc3)c2-[n+]2cnn[nH]2)cc1. The van der Waals surface area contributed by atoms with Gasteiger partial charge in [-0.05, 0) is 48.0 Å². The Bertz CT molecular complexity index is 1550. The first kappa shape index (κ1) is 24.8. The maximum absolute atomic E-state index is 13.5. The first-order valence-corrected chi connectivity index (χ1v) is 12.1. The zero-order valence-corrected chi connectivity index (χ0v) is 21.6. The van der Waals surface area contributed by atoms with Gasteiger partial charge in [0.25, 0.3) is 12.2 Å². The van der Waals surface area contributed by atoms with E-state index in [-0.39, 0.29) is 12.2 Å². The predicted octanol–water partition coefficient (Wildman–Crippen LogP) is 4.83. The molecule has 5 aromatic rings. The van der Waals surface area contributed by atoms with Crippen LogP contribution in [0.4, 0.5) is 0 Å². The van der Waals surface area contributed by atoms with Gasteiger partial charge in [0.15, 0.2) is 16.6 Å². The summed E-state index contributed by atoms with van der Waals surface area (Å²) in [5.41, 5.74) is 3.26. The molecule has 0 aliphatic rings. The number of tetrazole rings is 1. The molecule has 0 atom stereocenters. The number of amides is 1. The molecule has 0 radical (unpaired) electrons. The van der Waals surface area contributed by atoms with Gasteiger partial charge in [0.1, 0.15) is 16.5 Å². The largest absolute Gasteiger partial charge is 0.497 e. The summed E-state index contributed by atoms with van der Waals surface area (Å²) in [6.07, 6.45) is 1.45. The molecule has 0 fully saturated rings. The van der Waals surface area contributed by atoms with E-state index < -0.39 is 5.91 Å². The van der Waals surface area contributed by atoms with Gasteiger partial charge in [-0.2, -0.15) is 5.10 Å². The van der Waals surface area contributed by atoms with Crippen molar-refractivity contribution in [1.82, 2.24) is 30.6 Å². The summed E-state index contributed by atoms with van der Waals surface area (Å²) in [4.78, 5) is 13.5. The highest BCUT2D eigenvalue weighted by molar-refractivity contribution is 6.35. The second-order valence-corrected chi connectivity index (χ2v) is 9.17. The molecule has 0 aliphatic carbocycles. The third-order valence-corrected chi connectivity index (χ3v) is 6.35. The molecule has 186 valence electrons. The molecule has 2 N–H and O–H groups in total. The number of carbonyl (C=O) groups is 1.